The van der Waals surface area contributed by atoms with Gasteiger partial charge in [0.2, 0.25) is 11.9 Å². The molecule has 0 radical (unpaired) electrons. The van der Waals surface area contributed by atoms with Crippen LogP contribution in [0.2, 0.25) is 0 Å². The molecule has 1 aromatic rings. The molecule has 1 saturated carbocycles. The molecule has 8 heteroatoms. The molecular formula is C10H14N4O4. The van der Waals surface area contributed by atoms with Gasteiger partial charge in [-0.3, -0.25) is 14.9 Å². The fraction of sp³-hybridized carbons (Fsp3) is 0.600. The molecule has 2 rings (SSSR count). The maximum atomic E-state index is 11.9. The summed E-state index contributed by atoms with van der Waals surface area (Å²) in [5.41, 5.74) is -0.542. The van der Waals surface area contributed by atoms with Gasteiger partial charge in [-0.1, -0.05) is 13.8 Å². The summed E-state index contributed by atoms with van der Waals surface area (Å²) in [6.45, 7) is 3.49. The van der Waals surface area contributed by atoms with Crippen molar-refractivity contribution >= 4 is 17.8 Å². The Labute approximate surface area is 103 Å². The van der Waals surface area contributed by atoms with E-state index in [1.54, 1.807) is 13.8 Å². The molecule has 1 aromatic heterocycles. The minimum atomic E-state index is -0.963. The molecule has 98 valence electrons. The summed E-state index contributed by atoms with van der Waals surface area (Å²) in [6, 6.07) is 0.107. The standard InChI is InChI=1S/C10H14N4O4/c1-10(2)4(5(10)7(16)17)6(15)11-8-12-9(18-3)14-13-8/h4-5H,1-3H3,(H,16,17)(H2,11,12,13,14,15)/t4-,5+/m1/s1. The van der Waals surface area contributed by atoms with Crippen molar-refractivity contribution in [3.63, 3.8) is 0 Å². The number of rotatable bonds is 4. The molecule has 0 aromatic carbocycles. The van der Waals surface area contributed by atoms with Crippen LogP contribution in [0.4, 0.5) is 5.95 Å². The third-order valence-electron chi connectivity index (χ3n) is 3.26. The van der Waals surface area contributed by atoms with E-state index in [0.717, 1.165) is 0 Å². The number of H-pyrrole nitrogens is 1. The number of carbonyl (C=O) groups excluding carboxylic acids is 1. The lowest BCUT2D eigenvalue weighted by Gasteiger charge is -2.01. The highest BCUT2D eigenvalue weighted by Gasteiger charge is 2.66. The van der Waals surface area contributed by atoms with Crippen LogP contribution in [0, 0.1) is 17.3 Å². The number of carboxylic acids is 1. The average Bonchev–Trinajstić information content (AvgIpc) is 2.67. The molecule has 0 spiro atoms. The van der Waals surface area contributed by atoms with Crippen LogP contribution >= 0.6 is 0 Å². The van der Waals surface area contributed by atoms with Gasteiger partial charge in [-0.05, 0) is 5.41 Å². The summed E-state index contributed by atoms with van der Waals surface area (Å²) >= 11 is 0. The Morgan fingerprint density at radius 3 is 2.56 bits per heavy atom. The van der Waals surface area contributed by atoms with Gasteiger partial charge in [-0.25, -0.2) is 5.10 Å². The van der Waals surface area contributed by atoms with E-state index in [0.29, 0.717) is 0 Å². The lowest BCUT2D eigenvalue weighted by atomic mass is 10.1. The predicted molar refractivity (Wildman–Crippen MR) is 60.0 cm³/mol. The van der Waals surface area contributed by atoms with Gasteiger partial charge in [0.15, 0.2) is 0 Å². The van der Waals surface area contributed by atoms with Crippen molar-refractivity contribution in [2.45, 2.75) is 13.8 Å². The average molecular weight is 254 g/mol. The molecule has 2 atom stereocenters. The zero-order chi connectivity index (χ0) is 13.5. The number of anilines is 1. The van der Waals surface area contributed by atoms with E-state index in [1.165, 1.54) is 7.11 Å². The highest BCUT2D eigenvalue weighted by Crippen LogP contribution is 2.58. The second-order valence-electron chi connectivity index (χ2n) is 4.77. The first-order valence-corrected chi connectivity index (χ1v) is 5.38. The van der Waals surface area contributed by atoms with Gasteiger partial charge in [-0.2, -0.15) is 4.98 Å². The maximum absolute atomic E-state index is 11.9. The Bertz CT molecular complexity index is 496. The molecule has 8 nitrogen and oxygen atoms in total. The maximum Gasteiger partial charge on any atom is 0.336 e. The normalized spacial score (nSPS) is 24.4. The molecule has 18 heavy (non-hydrogen) atoms. The van der Waals surface area contributed by atoms with Crippen molar-refractivity contribution in [3.8, 4) is 6.01 Å². The number of ether oxygens (including phenoxy) is 1. The van der Waals surface area contributed by atoms with E-state index in [2.05, 4.69) is 20.5 Å². The monoisotopic (exact) mass is 254 g/mol. The van der Waals surface area contributed by atoms with Gasteiger partial charge >= 0.3 is 12.0 Å². The zero-order valence-electron chi connectivity index (χ0n) is 10.2. The minimum absolute atomic E-state index is 0.107. The Morgan fingerprint density at radius 1 is 1.44 bits per heavy atom. The fourth-order valence-electron chi connectivity index (χ4n) is 2.18. The Kier molecular flexibility index (Phi) is 2.72. The Morgan fingerprint density at radius 2 is 2.11 bits per heavy atom. The van der Waals surface area contributed by atoms with Crippen molar-refractivity contribution < 1.29 is 19.4 Å². The first kappa shape index (κ1) is 12.3. The molecule has 3 N–H and O–H groups in total. The van der Waals surface area contributed by atoms with Gasteiger partial charge < -0.3 is 9.84 Å². The van der Waals surface area contributed by atoms with Crippen molar-refractivity contribution in [1.82, 2.24) is 15.2 Å². The minimum Gasteiger partial charge on any atom is -0.481 e. The van der Waals surface area contributed by atoms with E-state index >= 15 is 0 Å². The summed E-state index contributed by atoms with van der Waals surface area (Å²) in [5.74, 6) is -2.43. The van der Waals surface area contributed by atoms with Gasteiger partial charge in [0.05, 0.1) is 18.9 Å². The number of aromatic nitrogens is 3. The van der Waals surface area contributed by atoms with Crippen molar-refractivity contribution in [1.29, 1.82) is 0 Å². The van der Waals surface area contributed by atoms with Crippen LogP contribution < -0.4 is 10.1 Å². The molecular weight excluding hydrogens is 240 g/mol. The first-order chi connectivity index (χ1) is 8.37. The number of carbonyl (C=O) groups is 2. The van der Waals surface area contributed by atoms with Gasteiger partial charge in [0, 0.05) is 0 Å². The SMILES string of the molecule is COc1n[nH]c(NC(=O)[C@H]2[C@@H](C(=O)O)C2(C)C)n1. The van der Waals surface area contributed by atoms with Crippen molar-refractivity contribution in [3.05, 3.63) is 0 Å². The second-order valence-corrected chi connectivity index (χ2v) is 4.77. The van der Waals surface area contributed by atoms with E-state index in [4.69, 9.17) is 9.84 Å². The number of hydrogen-bond donors (Lipinski definition) is 3. The Balaban J connectivity index is 2.03. The summed E-state index contributed by atoms with van der Waals surface area (Å²) in [7, 11) is 1.40. The number of methoxy groups -OCH3 is 1. The van der Waals surface area contributed by atoms with Crippen LogP contribution in [-0.2, 0) is 9.59 Å². The van der Waals surface area contributed by atoms with Gasteiger partial charge in [0.25, 0.3) is 0 Å². The quantitative estimate of drug-likeness (QED) is 0.702. The van der Waals surface area contributed by atoms with E-state index in [9.17, 15) is 9.59 Å². The van der Waals surface area contributed by atoms with Crippen molar-refractivity contribution in [2.75, 3.05) is 12.4 Å². The first-order valence-electron chi connectivity index (χ1n) is 5.38. The second kappa shape index (κ2) is 3.97. The third kappa shape index (κ3) is 1.89. The van der Waals surface area contributed by atoms with Gasteiger partial charge in [-0.15, -0.1) is 5.10 Å². The molecule has 1 heterocycles. The number of carboxylic acid groups (broad SMARTS) is 1. The molecule has 0 aliphatic heterocycles. The number of hydrogen-bond acceptors (Lipinski definition) is 5. The molecule has 1 fully saturated rings. The highest BCUT2D eigenvalue weighted by molar-refractivity contribution is 5.98. The smallest absolute Gasteiger partial charge is 0.336 e. The van der Waals surface area contributed by atoms with Crippen LogP contribution in [0.3, 0.4) is 0 Å². The number of nitrogens with zero attached hydrogens (tertiary/aromatic N) is 2. The summed E-state index contributed by atoms with van der Waals surface area (Å²) < 4.78 is 4.75. The van der Waals surface area contributed by atoms with Crippen LogP contribution in [-0.4, -0.2) is 39.3 Å². The number of nitrogens with one attached hydrogen (secondary N) is 2. The molecule has 0 saturated heterocycles. The van der Waals surface area contributed by atoms with Crippen LogP contribution in [0.25, 0.3) is 0 Å². The largest absolute Gasteiger partial charge is 0.481 e. The molecule has 1 aliphatic rings. The van der Waals surface area contributed by atoms with E-state index in [1.807, 2.05) is 0 Å². The van der Waals surface area contributed by atoms with E-state index in [-0.39, 0.29) is 17.9 Å². The lowest BCUT2D eigenvalue weighted by molar-refractivity contribution is -0.140. The van der Waals surface area contributed by atoms with E-state index < -0.39 is 23.2 Å². The highest BCUT2D eigenvalue weighted by atomic mass is 16.5. The topological polar surface area (TPSA) is 117 Å². The van der Waals surface area contributed by atoms with Crippen LogP contribution in [0.5, 0.6) is 6.01 Å². The summed E-state index contributed by atoms with van der Waals surface area (Å²) in [5, 5.41) is 17.6. The molecule has 0 bridgehead atoms. The van der Waals surface area contributed by atoms with Gasteiger partial charge in [0.1, 0.15) is 0 Å². The van der Waals surface area contributed by atoms with Crippen LogP contribution in [0.15, 0.2) is 0 Å². The number of aromatic amines is 1. The molecule has 1 amide bonds. The number of amides is 1. The molecule has 1 aliphatic carbocycles. The number of aliphatic carboxylic acids is 1. The zero-order valence-corrected chi connectivity index (χ0v) is 10.2. The summed E-state index contributed by atoms with van der Waals surface area (Å²) in [4.78, 5) is 26.7. The van der Waals surface area contributed by atoms with Crippen LogP contribution in [0.1, 0.15) is 13.8 Å². The third-order valence-corrected chi connectivity index (χ3v) is 3.26. The Hall–Kier alpha value is -2.12. The molecule has 0 unspecified atom stereocenters. The van der Waals surface area contributed by atoms with Crippen molar-refractivity contribution in [2.24, 2.45) is 17.3 Å². The fourth-order valence-corrected chi connectivity index (χ4v) is 2.18. The predicted octanol–water partition coefficient (Wildman–Crippen LogP) is 0.109. The lowest BCUT2D eigenvalue weighted by Crippen LogP contribution is -2.18. The summed E-state index contributed by atoms with van der Waals surface area (Å²) in [6.07, 6.45) is 0.